The Labute approximate surface area is 106 Å². The van der Waals surface area contributed by atoms with Crippen LogP contribution in [0, 0.1) is 6.92 Å². The molecule has 1 atom stereocenters. The Morgan fingerprint density at radius 3 is 2.94 bits per heavy atom. The van der Waals surface area contributed by atoms with Gasteiger partial charge < -0.3 is 15.6 Å². The van der Waals surface area contributed by atoms with Crippen LogP contribution in [0.1, 0.15) is 19.2 Å². The summed E-state index contributed by atoms with van der Waals surface area (Å²) >= 11 is 0. The number of hydrogen-bond donors (Lipinski definition) is 2. The number of rotatable bonds is 3. The summed E-state index contributed by atoms with van der Waals surface area (Å²) in [5.74, 6) is 0.876. The molecular weight excluding hydrogens is 228 g/mol. The summed E-state index contributed by atoms with van der Waals surface area (Å²) in [5, 5.41) is 2.83. The average molecular weight is 246 g/mol. The minimum Gasteiger partial charge on any atom is -0.331 e. The van der Waals surface area contributed by atoms with Crippen molar-refractivity contribution in [2.45, 2.75) is 26.3 Å². The number of carbonyl (C=O) groups excluding carboxylic acids is 1. The van der Waals surface area contributed by atoms with Crippen LogP contribution in [0.2, 0.25) is 0 Å². The third kappa shape index (κ3) is 2.51. The largest absolute Gasteiger partial charge is 0.331 e. The van der Waals surface area contributed by atoms with E-state index < -0.39 is 0 Å². The van der Waals surface area contributed by atoms with E-state index in [0.717, 1.165) is 22.5 Å². The van der Waals surface area contributed by atoms with E-state index in [9.17, 15) is 4.79 Å². The Kier molecular flexibility index (Phi) is 3.34. The Morgan fingerprint density at radius 1 is 1.56 bits per heavy atom. The van der Waals surface area contributed by atoms with E-state index in [1.54, 1.807) is 0 Å². The lowest BCUT2D eigenvalue weighted by molar-refractivity contribution is -0.116. The molecule has 96 valence electrons. The van der Waals surface area contributed by atoms with Crippen molar-refractivity contribution in [1.29, 1.82) is 0 Å². The molecule has 0 bridgehead atoms. The van der Waals surface area contributed by atoms with Gasteiger partial charge in [-0.15, -0.1) is 0 Å². The summed E-state index contributed by atoms with van der Waals surface area (Å²) in [7, 11) is 1.97. The number of aromatic nitrogens is 2. The number of amides is 1. The first-order chi connectivity index (χ1) is 8.47. The quantitative estimate of drug-likeness (QED) is 0.863. The zero-order valence-corrected chi connectivity index (χ0v) is 10.9. The lowest BCUT2D eigenvalue weighted by atomic mass is 10.2. The minimum atomic E-state index is -0.133. The molecule has 0 radical (unpaired) electrons. The maximum atomic E-state index is 11.6. The summed E-state index contributed by atoms with van der Waals surface area (Å²) in [6, 6.07) is 5.58. The van der Waals surface area contributed by atoms with Gasteiger partial charge >= 0.3 is 0 Å². The molecular formula is C13H18N4O. The van der Waals surface area contributed by atoms with Gasteiger partial charge in [0.1, 0.15) is 5.82 Å². The average Bonchev–Trinajstić information content (AvgIpc) is 2.53. The van der Waals surface area contributed by atoms with Crippen molar-refractivity contribution < 1.29 is 4.79 Å². The Hall–Kier alpha value is -1.88. The number of imidazole rings is 1. The molecule has 1 unspecified atom stereocenters. The molecule has 0 aliphatic heterocycles. The first-order valence-electron chi connectivity index (χ1n) is 5.96. The predicted octanol–water partition coefficient (Wildman–Crippen LogP) is 1.56. The third-order valence-electron chi connectivity index (χ3n) is 2.90. The molecule has 1 aromatic heterocycles. The van der Waals surface area contributed by atoms with Gasteiger partial charge in [0.2, 0.25) is 5.91 Å². The number of hydrogen-bond acceptors (Lipinski definition) is 3. The van der Waals surface area contributed by atoms with Crippen LogP contribution >= 0.6 is 0 Å². The number of anilines is 1. The summed E-state index contributed by atoms with van der Waals surface area (Å²) in [4.78, 5) is 16.0. The van der Waals surface area contributed by atoms with Crippen molar-refractivity contribution in [3.05, 3.63) is 24.0 Å². The fourth-order valence-corrected chi connectivity index (χ4v) is 1.90. The van der Waals surface area contributed by atoms with Gasteiger partial charge in [0, 0.05) is 25.2 Å². The normalized spacial score (nSPS) is 12.7. The number of nitrogens with zero attached hydrogens (tertiary/aromatic N) is 2. The van der Waals surface area contributed by atoms with Crippen molar-refractivity contribution in [2.75, 3.05) is 5.32 Å². The Bertz CT molecular complexity index is 586. The van der Waals surface area contributed by atoms with Crippen molar-refractivity contribution in [2.24, 2.45) is 12.8 Å². The highest BCUT2D eigenvalue weighted by Crippen LogP contribution is 2.19. The van der Waals surface area contributed by atoms with Crippen LogP contribution < -0.4 is 11.1 Å². The smallest absolute Gasteiger partial charge is 0.225 e. The number of fused-ring (bicyclic) bond motifs is 1. The molecule has 0 saturated carbocycles. The van der Waals surface area contributed by atoms with Gasteiger partial charge in [-0.3, -0.25) is 4.79 Å². The number of nitrogens with one attached hydrogen (secondary N) is 1. The highest BCUT2D eigenvalue weighted by atomic mass is 16.1. The fraction of sp³-hybridized carbons (Fsp3) is 0.385. The second-order valence-corrected chi connectivity index (χ2v) is 4.65. The molecule has 18 heavy (non-hydrogen) atoms. The topological polar surface area (TPSA) is 72.9 Å². The monoisotopic (exact) mass is 246 g/mol. The van der Waals surface area contributed by atoms with Gasteiger partial charge in [-0.25, -0.2) is 4.98 Å². The minimum absolute atomic E-state index is 0.0722. The van der Waals surface area contributed by atoms with Gasteiger partial charge in [0.05, 0.1) is 11.0 Å². The van der Waals surface area contributed by atoms with E-state index in [2.05, 4.69) is 10.3 Å². The molecule has 0 aliphatic carbocycles. The first kappa shape index (κ1) is 12.6. The van der Waals surface area contributed by atoms with E-state index in [1.807, 2.05) is 43.7 Å². The maximum absolute atomic E-state index is 11.6. The molecule has 5 nitrogen and oxygen atoms in total. The second kappa shape index (κ2) is 4.78. The van der Waals surface area contributed by atoms with Crippen LogP contribution in [-0.4, -0.2) is 21.5 Å². The molecule has 1 aromatic carbocycles. The van der Waals surface area contributed by atoms with Crippen LogP contribution in [0.4, 0.5) is 5.69 Å². The maximum Gasteiger partial charge on any atom is 0.225 e. The summed E-state index contributed by atoms with van der Waals surface area (Å²) < 4.78 is 2.02. The molecule has 2 rings (SSSR count). The molecule has 0 aliphatic rings. The second-order valence-electron chi connectivity index (χ2n) is 4.65. The number of carbonyl (C=O) groups is 1. The summed E-state index contributed by atoms with van der Waals surface area (Å²) in [6.45, 7) is 3.76. The molecule has 1 heterocycles. The number of aryl methyl sites for hydroxylation is 2. The van der Waals surface area contributed by atoms with Crippen LogP contribution in [0.25, 0.3) is 11.0 Å². The zero-order valence-electron chi connectivity index (χ0n) is 10.9. The van der Waals surface area contributed by atoms with Crippen molar-refractivity contribution in [3.8, 4) is 0 Å². The molecule has 3 N–H and O–H groups in total. The lowest BCUT2D eigenvalue weighted by Crippen LogP contribution is -2.23. The Morgan fingerprint density at radius 2 is 2.28 bits per heavy atom. The number of benzene rings is 1. The predicted molar refractivity (Wildman–Crippen MR) is 72.3 cm³/mol. The SMILES string of the molecule is Cc1nc2cc(NC(=O)CC(C)N)ccc2n1C. The highest BCUT2D eigenvalue weighted by molar-refractivity contribution is 5.93. The molecule has 1 amide bonds. The van der Waals surface area contributed by atoms with Gasteiger partial charge in [0.15, 0.2) is 0 Å². The summed E-state index contributed by atoms with van der Waals surface area (Å²) in [5.41, 5.74) is 8.28. The van der Waals surface area contributed by atoms with E-state index in [1.165, 1.54) is 0 Å². The van der Waals surface area contributed by atoms with Crippen molar-refractivity contribution >= 4 is 22.6 Å². The molecule has 0 saturated heterocycles. The molecule has 2 aromatic rings. The zero-order chi connectivity index (χ0) is 13.3. The van der Waals surface area contributed by atoms with Gasteiger partial charge in [-0.1, -0.05) is 0 Å². The van der Waals surface area contributed by atoms with E-state index in [4.69, 9.17) is 5.73 Å². The van der Waals surface area contributed by atoms with Crippen LogP contribution in [0.5, 0.6) is 0 Å². The number of nitrogens with two attached hydrogens (primary N) is 1. The van der Waals surface area contributed by atoms with Crippen molar-refractivity contribution in [3.63, 3.8) is 0 Å². The van der Waals surface area contributed by atoms with E-state index >= 15 is 0 Å². The molecule has 0 spiro atoms. The fourth-order valence-electron chi connectivity index (χ4n) is 1.90. The van der Waals surface area contributed by atoms with Gasteiger partial charge in [0.25, 0.3) is 0 Å². The van der Waals surface area contributed by atoms with Crippen LogP contribution in [0.3, 0.4) is 0 Å². The molecule has 0 fully saturated rings. The van der Waals surface area contributed by atoms with E-state index in [-0.39, 0.29) is 11.9 Å². The van der Waals surface area contributed by atoms with Crippen LogP contribution in [0.15, 0.2) is 18.2 Å². The van der Waals surface area contributed by atoms with Crippen molar-refractivity contribution in [1.82, 2.24) is 9.55 Å². The summed E-state index contributed by atoms with van der Waals surface area (Å²) in [6.07, 6.45) is 0.319. The Balaban J connectivity index is 2.23. The van der Waals surface area contributed by atoms with Gasteiger partial charge in [-0.05, 0) is 32.0 Å². The highest BCUT2D eigenvalue weighted by Gasteiger charge is 2.08. The molecule has 5 heteroatoms. The third-order valence-corrected chi connectivity index (χ3v) is 2.90. The van der Waals surface area contributed by atoms with E-state index in [0.29, 0.717) is 6.42 Å². The standard InChI is InChI=1S/C13H18N4O/c1-8(14)6-13(18)16-10-4-5-12-11(7-10)15-9(2)17(12)3/h4-5,7-8H,6,14H2,1-3H3,(H,16,18). The van der Waals surface area contributed by atoms with Crippen LogP contribution in [-0.2, 0) is 11.8 Å². The lowest BCUT2D eigenvalue weighted by Gasteiger charge is -2.07. The first-order valence-corrected chi connectivity index (χ1v) is 5.96. The van der Waals surface area contributed by atoms with Gasteiger partial charge in [-0.2, -0.15) is 0 Å².